The van der Waals surface area contributed by atoms with Crippen LogP contribution < -0.4 is 0 Å². The van der Waals surface area contributed by atoms with E-state index in [2.05, 4.69) is 22.0 Å². The van der Waals surface area contributed by atoms with Crippen LogP contribution in [0, 0.1) is 0 Å². The minimum Gasteiger partial charge on any atom is -0.373 e. The Labute approximate surface area is 92.3 Å². The second kappa shape index (κ2) is 4.43. The Bertz CT molecular complexity index is 306. The number of rotatable bonds is 1. The van der Waals surface area contributed by atoms with Crippen molar-refractivity contribution >= 4 is 15.9 Å². The van der Waals surface area contributed by atoms with Crippen LogP contribution in [0.25, 0.3) is 0 Å². The van der Waals surface area contributed by atoms with E-state index in [-0.39, 0.29) is 12.2 Å². The van der Waals surface area contributed by atoms with Crippen LogP contribution >= 0.6 is 15.9 Å². The van der Waals surface area contributed by atoms with Crippen molar-refractivity contribution in [3.05, 3.63) is 34.3 Å². The molecule has 0 bridgehead atoms. The average Bonchev–Trinajstić information content (AvgIpc) is 2.20. The minimum atomic E-state index is 0.0711. The Morgan fingerprint density at radius 1 is 1.21 bits per heavy atom. The molecule has 2 rings (SSSR count). The molecule has 0 radical (unpaired) electrons. The lowest BCUT2D eigenvalue weighted by atomic mass is 10.1. The second-order valence-corrected chi connectivity index (χ2v) is 4.34. The van der Waals surface area contributed by atoms with Crippen LogP contribution in [-0.4, -0.2) is 19.3 Å². The standard InChI is InChI=1S/C11H13BrO2/c1-8-6-14-11(7-13-8)9-4-2-3-5-10(9)12/h2-5,8,11H,6-7H2,1H3. The van der Waals surface area contributed by atoms with Crippen LogP contribution in [0.1, 0.15) is 18.6 Å². The van der Waals surface area contributed by atoms with E-state index in [1.54, 1.807) is 0 Å². The maximum absolute atomic E-state index is 5.70. The molecular weight excluding hydrogens is 244 g/mol. The molecular formula is C11H13BrO2. The van der Waals surface area contributed by atoms with E-state index in [1.807, 2.05) is 25.1 Å². The summed E-state index contributed by atoms with van der Waals surface area (Å²) in [6.07, 6.45) is 0.288. The summed E-state index contributed by atoms with van der Waals surface area (Å²) in [7, 11) is 0. The average molecular weight is 257 g/mol. The van der Waals surface area contributed by atoms with Gasteiger partial charge in [-0.15, -0.1) is 0 Å². The highest BCUT2D eigenvalue weighted by Gasteiger charge is 2.21. The predicted octanol–water partition coefficient (Wildman–Crippen LogP) is 2.93. The summed E-state index contributed by atoms with van der Waals surface area (Å²) in [6, 6.07) is 8.10. The lowest BCUT2D eigenvalue weighted by molar-refractivity contribution is -0.128. The molecule has 1 saturated heterocycles. The molecule has 1 aliphatic heterocycles. The maximum atomic E-state index is 5.70. The molecule has 0 aromatic heterocycles. The highest BCUT2D eigenvalue weighted by Crippen LogP contribution is 2.28. The molecule has 0 aliphatic carbocycles. The van der Waals surface area contributed by atoms with Crippen LogP contribution in [0.3, 0.4) is 0 Å². The first kappa shape index (κ1) is 10.1. The van der Waals surface area contributed by atoms with E-state index < -0.39 is 0 Å². The van der Waals surface area contributed by atoms with Gasteiger partial charge in [0.1, 0.15) is 6.10 Å². The second-order valence-electron chi connectivity index (χ2n) is 3.49. The fourth-order valence-corrected chi connectivity index (χ4v) is 2.06. The Hall–Kier alpha value is -0.380. The lowest BCUT2D eigenvalue weighted by Gasteiger charge is -2.28. The Balaban J connectivity index is 2.12. The smallest absolute Gasteiger partial charge is 0.107 e. The van der Waals surface area contributed by atoms with Crippen molar-refractivity contribution in [2.24, 2.45) is 0 Å². The van der Waals surface area contributed by atoms with Crippen LogP contribution in [0.2, 0.25) is 0 Å². The highest BCUT2D eigenvalue weighted by molar-refractivity contribution is 9.10. The van der Waals surface area contributed by atoms with Crippen LogP contribution in [0.15, 0.2) is 28.7 Å². The first-order valence-electron chi connectivity index (χ1n) is 4.75. The molecule has 1 aromatic rings. The SMILES string of the molecule is CC1COC(c2ccccc2Br)CO1. The molecule has 0 N–H and O–H groups in total. The molecule has 3 heteroatoms. The topological polar surface area (TPSA) is 18.5 Å². The summed E-state index contributed by atoms with van der Waals surface area (Å²) in [5.41, 5.74) is 1.17. The fraction of sp³-hybridized carbons (Fsp3) is 0.455. The van der Waals surface area contributed by atoms with E-state index >= 15 is 0 Å². The van der Waals surface area contributed by atoms with Gasteiger partial charge >= 0.3 is 0 Å². The van der Waals surface area contributed by atoms with Gasteiger partial charge < -0.3 is 9.47 Å². The van der Waals surface area contributed by atoms with Crippen molar-refractivity contribution in [3.8, 4) is 0 Å². The van der Waals surface area contributed by atoms with Gasteiger partial charge in [-0.1, -0.05) is 34.1 Å². The Kier molecular flexibility index (Phi) is 3.21. The molecule has 1 fully saturated rings. The zero-order valence-corrected chi connectivity index (χ0v) is 9.66. The van der Waals surface area contributed by atoms with E-state index in [9.17, 15) is 0 Å². The third-order valence-corrected chi connectivity index (χ3v) is 3.04. The van der Waals surface area contributed by atoms with Crippen LogP contribution in [0.5, 0.6) is 0 Å². The number of benzene rings is 1. The summed E-state index contributed by atoms with van der Waals surface area (Å²) >= 11 is 3.51. The molecule has 0 spiro atoms. The van der Waals surface area contributed by atoms with Gasteiger partial charge in [0.2, 0.25) is 0 Å². The Morgan fingerprint density at radius 2 is 2.00 bits per heavy atom. The molecule has 1 aromatic carbocycles. The quantitative estimate of drug-likeness (QED) is 0.770. The number of hydrogen-bond donors (Lipinski definition) is 0. The van der Waals surface area contributed by atoms with E-state index in [0.717, 1.165) is 4.47 Å². The largest absolute Gasteiger partial charge is 0.373 e. The van der Waals surface area contributed by atoms with Gasteiger partial charge in [0.15, 0.2) is 0 Å². The van der Waals surface area contributed by atoms with Gasteiger partial charge in [-0.05, 0) is 18.6 Å². The van der Waals surface area contributed by atoms with Crippen molar-refractivity contribution in [1.82, 2.24) is 0 Å². The molecule has 76 valence electrons. The summed E-state index contributed by atoms with van der Waals surface area (Å²) in [5.74, 6) is 0. The third kappa shape index (κ3) is 2.16. The highest BCUT2D eigenvalue weighted by atomic mass is 79.9. The molecule has 1 heterocycles. The molecule has 2 unspecified atom stereocenters. The molecule has 2 atom stereocenters. The summed E-state index contributed by atoms with van der Waals surface area (Å²) in [5, 5.41) is 0. The van der Waals surface area contributed by atoms with Crippen molar-refractivity contribution in [2.45, 2.75) is 19.1 Å². The third-order valence-electron chi connectivity index (χ3n) is 2.32. The molecule has 2 nitrogen and oxygen atoms in total. The lowest BCUT2D eigenvalue weighted by Crippen LogP contribution is -2.28. The fourth-order valence-electron chi connectivity index (χ4n) is 1.52. The van der Waals surface area contributed by atoms with Gasteiger partial charge in [-0.25, -0.2) is 0 Å². The number of halogens is 1. The Morgan fingerprint density at radius 3 is 2.64 bits per heavy atom. The monoisotopic (exact) mass is 256 g/mol. The zero-order chi connectivity index (χ0) is 9.97. The van der Waals surface area contributed by atoms with Crippen molar-refractivity contribution in [1.29, 1.82) is 0 Å². The van der Waals surface area contributed by atoms with Crippen molar-refractivity contribution in [3.63, 3.8) is 0 Å². The molecule has 1 aliphatic rings. The summed E-state index contributed by atoms with van der Waals surface area (Å²) < 4.78 is 12.3. The molecule has 0 amide bonds. The zero-order valence-electron chi connectivity index (χ0n) is 8.07. The van der Waals surface area contributed by atoms with Gasteiger partial charge in [0.25, 0.3) is 0 Å². The van der Waals surface area contributed by atoms with Gasteiger partial charge in [0.05, 0.1) is 19.3 Å². The first-order chi connectivity index (χ1) is 6.77. The van der Waals surface area contributed by atoms with Crippen molar-refractivity contribution < 1.29 is 9.47 Å². The maximum Gasteiger partial charge on any atom is 0.107 e. The van der Waals surface area contributed by atoms with Gasteiger partial charge in [-0.3, -0.25) is 0 Å². The summed E-state index contributed by atoms with van der Waals surface area (Å²) in [6.45, 7) is 3.34. The first-order valence-corrected chi connectivity index (χ1v) is 5.54. The normalized spacial score (nSPS) is 27.6. The van der Waals surface area contributed by atoms with Crippen LogP contribution in [0.4, 0.5) is 0 Å². The van der Waals surface area contributed by atoms with E-state index in [0.29, 0.717) is 13.2 Å². The minimum absolute atomic E-state index is 0.0711. The molecule has 14 heavy (non-hydrogen) atoms. The van der Waals surface area contributed by atoms with Crippen molar-refractivity contribution in [2.75, 3.05) is 13.2 Å². The number of ether oxygens (including phenoxy) is 2. The van der Waals surface area contributed by atoms with Gasteiger partial charge in [0, 0.05) is 4.47 Å². The summed E-state index contributed by atoms with van der Waals surface area (Å²) in [4.78, 5) is 0. The van der Waals surface area contributed by atoms with E-state index in [4.69, 9.17) is 9.47 Å². The van der Waals surface area contributed by atoms with Gasteiger partial charge in [-0.2, -0.15) is 0 Å². The van der Waals surface area contributed by atoms with E-state index in [1.165, 1.54) is 5.56 Å². The molecule has 0 saturated carbocycles. The number of hydrogen-bond acceptors (Lipinski definition) is 2. The predicted molar refractivity (Wildman–Crippen MR) is 58.2 cm³/mol. The van der Waals surface area contributed by atoms with Crippen LogP contribution in [-0.2, 0) is 9.47 Å².